The summed E-state index contributed by atoms with van der Waals surface area (Å²) >= 11 is 1.79. The number of hydrogen-bond acceptors (Lipinski definition) is 5. The van der Waals surface area contributed by atoms with Crippen LogP contribution in [0.15, 0.2) is 114 Å². The summed E-state index contributed by atoms with van der Waals surface area (Å²) in [6.45, 7) is 3.09. The molecular weight excluding hydrogens is 532 g/mol. The monoisotopic (exact) mass is 568 g/mol. The molecule has 212 valence electrons. The molecule has 5 rings (SSSR count). The Labute approximate surface area is 246 Å². The molecule has 1 aliphatic heterocycles. The van der Waals surface area contributed by atoms with Crippen molar-refractivity contribution < 1.29 is 19.4 Å². The normalized spacial score (nSPS) is 20.3. The summed E-state index contributed by atoms with van der Waals surface area (Å²) in [7, 11) is 0. The van der Waals surface area contributed by atoms with Crippen LogP contribution in [-0.4, -0.2) is 23.0 Å². The number of carbonyl (C=O) groups is 1. The molecule has 4 aromatic rings. The van der Waals surface area contributed by atoms with Gasteiger partial charge in [0.15, 0.2) is 6.29 Å². The van der Waals surface area contributed by atoms with Gasteiger partial charge < -0.3 is 25.2 Å². The number of benzene rings is 4. The van der Waals surface area contributed by atoms with Gasteiger partial charge in [-0.25, -0.2) is 4.79 Å². The summed E-state index contributed by atoms with van der Waals surface area (Å²) in [5.74, 6) is 0.927. The third-order valence-electron chi connectivity index (χ3n) is 7.28. The van der Waals surface area contributed by atoms with Gasteiger partial charge in [-0.2, -0.15) is 0 Å². The first-order valence-corrected chi connectivity index (χ1v) is 14.9. The zero-order valence-electron chi connectivity index (χ0n) is 23.1. The average Bonchev–Trinajstić information content (AvgIpc) is 3.03. The van der Waals surface area contributed by atoms with Gasteiger partial charge in [0.25, 0.3) is 0 Å². The van der Waals surface area contributed by atoms with Crippen LogP contribution in [0.5, 0.6) is 0 Å². The van der Waals surface area contributed by atoms with Crippen LogP contribution < -0.4 is 10.6 Å². The quantitative estimate of drug-likeness (QED) is 0.184. The maximum Gasteiger partial charge on any atom is 0.315 e. The molecule has 0 bridgehead atoms. The number of ether oxygens (including phenoxy) is 2. The molecule has 2 amide bonds. The van der Waals surface area contributed by atoms with E-state index < -0.39 is 6.29 Å². The molecule has 3 N–H and O–H groups in total. The topological polar surface area (TPSA) is 79.8 Å². The molecule has 4 aromatic carbocycles. The van der Waals surface area contributed by atoms with E-state index in [9.17, 15) is 9.90 Å². The molecule has 41 heavy (non-hydrogen) atoms. The fourth-order valence-corrected chi connectivity index (χ4v) is 5.91. The molecule has 0 radical (unpaired) electrons. The van der Waals surface area contributed by atoms with Crippen LogP contribution in [0.4, 0.5) is 4.79 Å². The number of carbonyl (C=O) groups excluding carboxylic acids is 1. The zero-order chi connectivity index (χ0) is 28.4. The zero-order valence-corrected chi connectivity index (χ0v) is 23.9. The Kier molecular flexibility index (Phi) is 10.1. The van der Waals surface area contributed by atoms with Crippen molar-refractivity contribution in [3.8, 4) is 0 Å². The van der Waals surface area contributed by atoms with Crippen LogP contribution >= 0.6 is 11.8 Å². The van der Waals surface area contributed by atoms with Crippen LogP contribution in [0.2, 0.25) is 0 Å². The fraction of sp³-hybridized carbons (Fsp3) is 0.265. The van der Waals surface area contributed by atoms with E-state index in [4.69, 9.17) is 9.47 Å². The first kappa shape index (κ1) is 28.9. The second-order valence-corrected chi connectivity index (χ2v) is 11.3. The van der Waals surface area contributed by atoms with Gasteiger partial charge >= 0.3 is 6.03 Å². The smallest absolute Gasteiger partial charge is 0.315 e. The Bertz CT molecular complexity index is 1370. The Hall–Kier alpha value is -3.62. The number of aliphatic hydroxyl groups excluding tert-OH is 1. The number of aliphatic hydroxyl groups is 1. The van der Waals surface area contributed by atoms with Crippen molar-refractivity contribution in [2.24, 2.45) is 5.92 Å². The molecule has 6 nitrogen and oxygen atoms in total. The lowest BCUT2D eigenvalue weighted by Crippen LogP contribution is -2.38. The largest absolute Gasteiger partial charge is 0.392 e. The van der Waals surface area contributed by atoms with E-state index in [-0.39, 0.29) is 30.8 Å². The maximum absolute atomic E-state index is 12.3. The van der Waals surface area contributed by atoms with E-state index in [0.29, 0.717) is 13.1 Å². The van der Waals surface area contributed by atoms with Gasteiger partial charge in [0.05, 0.1) is 18.8 Å². The van der Waals surface area contributed by atoms with Crippen molar-refractivity contribution in [1.82, 2.24) is 10.6 Å². The molecule has 4 unspecified atom stereocenters. The lowest BCUT2D eigenvalue weighted by Gasteiger charge is -2.41. The summed E-state index contributed by atoms with van der Waals surface area (Å²) in [6.07, 6.45) is -0.708. The summed E-state index contributed by atoms with van der Waals surface area (Å²) in [5, 5.41) is 15.3. The highest BCUT2D eigenvalue weighted by Crippen LogP contribution is 2.43. The minimum atomic E-state index is -0.522. The van der Waals surface area contributed by atoms with Gasteiger partial charge in [-0.3, -0.25) is 0 Å². The van der Waals surface area contributed by atoms with Crippen molar-refractivity contribution in [3.63, 3.8) is 0 Å². The Morgan fingerprint density at radius 2 is 1.29 bits per heavy atom. The number of urea groups is 1. The van der Waals surface area contributed by atoms with Gasteiger partial charge in [-0.05, 0) is 34.4 Å². The first-order chi connectivity index (χ1) is 20.1. The molecule has 0 aromatic heterocycles. The SMILES string of the molecule is CC1C(CSc2ccccc2)OC(c2ccc(CNC(=O)NCc3ccccc3)cc2)OC1c1ccc(CO)cc1. The molecule has 1 aliphatic rings. The van der Waals surface area contributed by atoms with Crippen LogP contribution in [0.3, 0.4) is 0 Å². The minimum absolute atomic E-state index is 0.0132. The number of amides is 2. The van der Waals surface area contributed by atoms with E-state index in [1.165, 1.54) is 4.90 Å². The molecular formula is C34H36N2O4S. The Morgan fingerprint density at radius 1 is 0.732 bits per heavy atom. The van der Waals surface area contributed by atoms with E-state index in [1.54, 1.807) is 11.8 Å². The number of hydrogen-bond donors (Lipinski definition) is 3. The molecule has 0 spiro atoms. The molecule has 4 atom stereocenters. The summed E-state index contributed by atoms with van der Waals surface area (Å²) in [4.78, 5) is 13.5. The summed E-state index contributed by atoms with van der Waals surface area (Å²) < 4.78 is 13.1. The predicted octanol–water partition coefficient (Wildman–Crippen LogP) is 6.76. The van der Waals surface area contributed by atoms with Crippen molar-refractivity contribution in [2.75, 3.05) is 5.75 Å². The lowest BCUT2D eigenvalue weighted by atomic mass is 9.91. The van der Waals surface area contributed by atoms with Crippen LogP contribution in [0.1, 0.15) is 47.1 Å². The second-order valence-electron chi connectivity index (χ2n) is 10.2. The van der Waals surface area contributed by atoms with E-state index in [1.807, 2.05) is 97.1 Å². The number of nitrogens with one attached hydrogen (secondary N) is 2. The van der Waals surface area contributed by atoms with Crippen LogP contribution in [0.25, 0.3) is 0 Å². The van der Waals surface area contributed by atoms with Crippen molar-refractivity contribution >= 4 is 17.8 Å². The van der Waals surface area contributed by atoms with Crippen molar-refractivity contribution in [1.29, 1.82) is 0 Å². The summed E-state index contributed by atoms with van der Waals surface area (Å²) in [6, 6.07) is 35.9. The Balaban J connectivity index is 1.24. The standard InChI is InChI=1S/C34H36N2O4S/c1-24-31(23-41-30-10-6-3-7-11-30)39-33(40-32(24)28-16-14-27(22-37)15-17-28)29-18-12-26(13-19-29)21-36-34(38)35-20-25-8-4-2-5-9-25/h2-19,24,31-33,37H,20-23H2,1H3,(H2,35,36,38). The van der Waals surface area contributed by atoms with Crippen molar-refractivity contribution in [3.05, 3.63) is 137 Å². The highest BCUT2D eigenvalue weighted by molar-refractivity contribution is 7.99. The molecule has 1 heterocycles. The highest BCUT2D eigenvalue weighted by atomic mass is 32.2. The second kappa shape index (κ2) is 14.3. The van der Waals surface area contributed by atoms with E-state index in [2.05, 4.69) is 29.7 Å². The lowest BCUT2D eigenvalue weighted by molar-refractivity contribution is -0.268. The van der Waals surface area contributed by atoms with Gasteiger partial charge in [0.2, 0.25) is 0 Å². The predicted molar refractivity (Wildman–Crippen MR) is 162 cm³/mol. The average molecular weight is 569 g/mol. The van der Waals surface area contributed by atoms with Crippen molar-refractivity contribution in [2.45, 2.75) is 50.0 Å². The molecule has 0 aliphatic carbocycles. The molecule has 1 fully saturated rings. The molecule has 0 saturated carbocycles. The Morgan fingerprint density at radius 3 is 1.93 bits per heavy atom. The third-order valence-corrected chi connectivity index (χ3v) is 8.38. The van der Waals surface area contributed by atoms with Crippen LogP contribution in [-0.2, 0) is 29.2 Å². The highest BCUT2D eigenvalue weighted by Gasteiger charge is 2.38. The summed E-state index contributed by atoms with van der Waals surface area (Å²) in [5.41, 5.74) is 4.91. The fourth-order valence-electron chi connectivity index (χ4n) is 4.82. The third kappa shape index (κ3) is 7.99. The van der Waals surface area contributed by atoms with Gasteiger partial charge in [-0.1, -0.05) is 104 Å². The van der Waals surface area contributed by atoms with Gasteiger partial charge in [0.1, 0.15) is 0 Å². The first-order valence-electron chi connectivity index (χ1n) is 13.9. The maximum atomic E-state index is 12.3. The minimum Gasteiger partial charge on any atom is -0.392 e. The number of rotatable bonds is 10. The van der Waals surface area contributed by atoms with E-state index >= 15 is 0 Å². The van der Waals surface area contributed by atoms with E-state index in [0.717, 1.165) is 33.6 Å². The van der Waals surface area contributed by atoms with Gasteiger partial charge in [-0.15, -0.1) is 11.8 Å². The number of thioether (sulfide) groups is 1. The molecule has 1 saturated heterocycles. The molecule has 7 heteroatoms. The van der Waals surface area contributed by atoms with Crippen LogP contribution in [0, 0.1) is 5.92 Å². The van der Waals surface area contributed by atoms with Gasteiger partial charge in [0, 0.05) is 35.2 Å².